The molecule has 0 spiro atoms. The topological polar surface area (TPSA) is 61.4 Å². The number of carbonyl (C=O) groups excluding carboxylic acids is 1. The van der Waals surface area contributed by atoms with Crippen LogP contribution in [-0.4, -0.2) is 24.1 Å². The van der Waals surface area contributed by atoms with Gasteiger partial charge in [-0.1, -0.05) is 31.5 Å². The summed E-state index contributed by atoms with van der Waals surface area (Å²) in [6.45, 7) is 5.59. The van der Waals surface area contributed by atoms with E-state index in [0.29, 0.717) is 24.0 Å². The first-order chi connectivity index (χ1) is 8.49. The van der Waals surface area contributed by atoms with Gasteiger partial charge in [0.05, 0.1) is 11.6 Å². The first-order valence-electron chi connectivity index (χ1n) is 5.94. The van der Waals surface area contributed by atoms with E-state index in [2.05, 4.69) is 10.6 Å². The molecule has 5 heteroatoms. The number of amides is 1. The lowest BCUT2D eigenvalue weighted by atomic mass is 10.2. The highest BCUT2D eigenvalue weighted by Gasteiger charge is 2.03. The first-order valence-corrected chi connectivity index (χ1v) is 6.31. The van der Waals surface area contributed by atoms with E-state index in [-0.39, 0.29) is 18.2 Å². The zero-order valence-corrected chi connectivity index (χ0v) is 11.4. The van der Waals surface area contributed by atoms with Crippen LogP contribution in [0.4, 0.5) is 0 Å². The van der Waals surface area contributed by atoms with E-state index in [0.717, 1.165) is 5.56 Å². The molecule has 0 aliphatic carbocycles. The summed E-state index contributed by atoms with van der Waals surface area (Å²) in [6.07, 6.45) is 0. The van der Waals surface area contributed by atoms with Crippen LogP contribution in [0.3, 0.4) is 0 Å². The first kappa shape index (κ1) is 14.8. The number of aromatic hydroxyl groups is 1. The third kappa shape index (κ3) is 5.38. The monoisotopic (exact) mass is 270 g/mol. The fourth-order valence-corrected chi connectivity index (χ4v) is 1.56. The average molecular weight is 271 g/mol. The molecule has 3 N–H and O–H groups in total. The zero-order valence-electron chi connectivity index (χ0n) is 10.7. The van der Waals surface area contributed by atoms with Crippen LogP contribution in [0.25, 0.3) is 0 Å². The molecular weight excluding hydrogens is 252 g/mol. The van der Waals surface area contributed by atoms with Crippen molar-refractivity contribution in [1.82, 2.24) is 10.6 Å². The highest BCUT2D eigenvalue weighted by molar-refractivity contribution is 6.32. The number of benzene rings is 1. The molecule has 1 aromatic carbocycles. The second kappa shape index (κ2) is 7.24. The quantitative estimate of drug-likeness (QED) is 0.740. The predicted octanol–water partition coefficient (Wildman–Crippen LogP) is 1.91. The van der Waals surface area contributed by atoms with Gasteiger partial charge in [-0.05, 0) is 23.6 Å². The van der Waals surface area contributed by atoms with Crippen molar-refractivity contribution in [3.05, 3.63) is 28.8 Å². The molecule has 0 fully saturated rings. The predicted molar refractivity (Wildman–Crippen MR) is 72.7 cm³/mol. The third-order valence-electron chi connectivity index (χ3n) is 2.33. The Balaban J connectivity index is 2.28. The normalized spacial score (nSPS) is 10.7. The number of hydrogen-bond acceptors (Lipinski definition) is 3. The highest BCUT2D eigenvalue weighted by atomic mass is 35.5. The van der Waals surface area contributed by atoms with Gasteiger partial charge in [0.25, 0.3) is 0 Å². The summed E-state index contributed by atoms with van der Waals surface area (Å²) in [5.41, 5.74) is 0.925. The van der Waals surface area contributed by atoms with Crippen LogP contribution in [-0.2, 0) is 11.3 Å². The largest absolute Gasteiger partial charge is 0.506 e. The van der Waals surface area contributed by atoms with Crippen molar-refractivity contribution in [2.75, 3.05) is 13.1 Å². The zero-order chi connectivity index (χ0) is 13.5. The van der Waals surface area contributed by atoms with Crippen LogP contribution in [0, 0.1) is 5.92 Å². The lowest BCUT2D eigenvalue weighted by Crippen LogP contribution is -2.35. The molecule has 0 atom stereocenters. The SMILES string of the molecule is CC(C)CNC(=O)CNCc1ccc(O)c(Cl)c1. The van der Waals surface area contributed by atoms with Crippen molar-refractivity contribution in [2.24, 2.45) is 5.92 Å². The average Bonchev–Trinajstić information content (AvgIpc) is 2.31. The minimum absolute atomic E-state index is 0.0198. The summed E-state index contributed by atoms with van der Waals surface area (Å²) in [4.78, 5) is 11.4. The van der Waals surface area contributed by atoms with E-state index in [1.54, 1.807) is 12.1 Å². The van der Waals surface area contributed by atoms with Gasteiger partial charge in [-0.15, -0.1) is 0 Å². The van der Waals surface area contributed by atoms with E-state index in [1.807, 2.05) is 13.8 Å². The van der Waals surface area contributed by atoms with Gasteiger partial charge in [0, 0.05) is 13.1 Å². The Morgan fingerprint density at radius 2 is 2.17 bits per heavy atom. The molecular formula is C13H19ClN2O2. The van der Waals surface area contributed by atoms with Gasteiger partial charge in [-0.2, -0.15) is 0 Å². The minimum Gasteiger partial charge on any atom is -0.506 e. The van der Waals surface area contributed by atoms with Crippen LogP contribution in [0.15, 0.2) is 18.2 Å². The molecule has 0 saturated heterocycles. The van der Waals surface area contributed by atoms with Gasteiger partial charge in [0.2, 0.25) is 5.91 Å². The van der Waals surface area contributed by atoms with E-state index in [9.17, 15) is 9.90 Å². The second-order valence-corrected chi connectivity index (χ2v) is 4.99. The summed E-state index contributed by atoms with van der Waals surface area (Å²) in [5, 5.41) is 15.4. The van der Waals surface area contributed by atoms with Crippen molar-refractivity contribution < 1.29 is 9.90 Å². The fourth-order valence-electron chi connectivity index (χ4n) is 1.36. The highest BCUT2D eigenvalue weighted by Crippen LogP contribution is 2.23. The number of hydrogen-bond donors (Lipinski definition) is 3. The van der Waals surface area contributed by atoms with Gasteiger partial charge < -0.3 is 15.7 Å². The maximum Gasteiger partial charge on any atom is 0.233 e. The maximum atomic E-state index is 11.4. The molecule has 1 rings (SSSR count). The number of phenolic OH excluding ortho intramolecular Hbond substituents is 1. The number of nitrogens with one attached hydrogen (secondary N) is 2. The van der Waals surface area contributed by atoms with Crippen LogP contribution in [0.5, 0.6) is 5.75 Å². The molecule has 0 saturated carbocycles. The Kier molecular flexibility index (Phi) is 5.95. The number of phenols is 1. The number of halogens is 1. The molecule has 1 aromatic rings. The van der Waals surface area contributed by atoms with Crippen LogP contribution < -0.4 is 10.6 Å². The van der Waals surface area contributed by atoms with Crippen LogP contribution in [0.2, 0.25) is 5.02 Å². The molecule has 0 aromatic heterocycles. The maximum absolute atomic E-state index is 11.4. The van der Waals surface area contributed by atoms with Crippen molar-refractivity contribution in [3.63, 3.8) is 0 Å². The molecule has 0 aliphatic rings. The Bertz CT molecular complexity index is 408. The smallest absolute Gasteiger partial charge is 0.233 e. The number of carbonyl (C=O) groups is 1. The molecule has 4 nitrogen and oxygen atoms in total. The van der Waals surface area contributed by atoms with Gasteiger partial charge in [-0.25, -0.2) is 0 Å². The van der Waals surface area contributed by atoms with Gasteiger partial charge in [-0.3, -0.25) is 4.79 Å². The molecule has 18 heavy (non-hydrogen) atoms. The van der Waals surface area contributed by atoms with Crippen LogP contribution >= 0.6 is 11.6 Å². The van der Waals surface area contributed by atoms with Gasteiger partial charge >= 0.3 is 0 Å². The van der Waals surface area contributed by atoms with Crippen molar-refractivity contribution in [3.8, 4) is 5.75 Å². The lowest BCUT2D eigenvalue weighted by molar-refractivity contribution is -0.120. The van der Waals surface area contributed by atoms with E-state index >= 15 is 0 Å². The van der Waals surface area contributed by atoms with Gasteiger partial charge in [0.15, 0.2) is 0 Å². The fraction of sp³-hybridized carbons (Fsp3) is 0.462. The summed E-state index contributed by atoms with van der Waals surface area (Å²) in [7, 11) is 0. The molecule has 100 valence electrons. The molecule has 0 bridgehead atoms. The molecule has 1 amide bonds. The van der Waals surface area contributed by atoms with Crippen molar-refractivity contribution in [1.29, 1.82) is 0 Å². The summed E-state index contributed by atoms with van der Waals surface area (Å²) >= 11 is 5.78. The lowest BCUT2D eigenvalue weighted by Gasteiger charge is -2.09. The summed E-state index contributed by atoms with van der Waals surface area (Å²) in [6, 6.07) is 4.98. The van der Waals surface area contributed by atoms with E-state index in [4.69, 9.17) is 11.6 Å². The van der Waals surface area contributed by atoms with E-state index in [1.165, 1.54) is 6.07 Å². The molecule has 0 aliphatic heterocycles. The molecule has 0 unspecified atom stereocenters. The van der Waals surface area contributed by atoms with Crippen molar-refractivity contribution >= 4 is 17.5 Å². The molecule has 0 heterocycles. The van der Waals surface area contributed by atoms with Crippen molar-refractivity contribution in [2.45, 2.75) is 20.4 Å². The Morgan fingerprint density at radius 3 is 2.78 bits per heavy atom. The minimum atomic E-state index is -0.0198. The Morgan fingerprint density at radius 1 is 1.44 bits per heavy atom. The Hall–Kier alpha value is -1.26. The van der Waals surface area contributed by atoms with Crippen LogP contribution in [0.1, 0.15) is 19.4 Å². The summed E-state index contributed by atoms with van der Waals surface area (Å²) in [5.74, 6) is 0.494. The number of rotatable bonds is 6. The van der Waals surface area contributed by atoms with E-state index < -0.39 is 0 Å². The molecule has 0 radical (unpaired) electrons. The summed E-state index contributed by atoms with van der Waals surface area (Å²) < 4.78 is 0. The third-order valence-corrected chi connectivity index (χ3v) is 2.64. The standard InChI is InChI=1S/C13H19ClN2O2/c1-9(2)6-16-13(18)8-15-7-10-3-4-12(17)11(14)5-10/h3-5,9,15,17H,6-8H2,1-2H3,(H,16,18). The second-order valence-electron chi connectivity index (χ2n) is 4.59. The van der Waals surface area contributed by atoms with Gasteiger partial charge in [0.1, 0.15) is 5.75 Å². The Labute approximate surface area is 112 Å².